The average molecular weight is 234 g/mol. The van der Waals surface area contributed by atoms with Crippen LogP contribution in [0.4, 0.5) is 0 Å². The van der Waals surface area contributed by atoms with Gasteiger partial charge in [0.2, 0.25) is 11.8 Å². The quantitative estimate of drug-likeness (QED) is 0.740. The Labute approximate surface area is 101 Å². The molecule has 1 fully saturated rings. The van der Waals surface area contributed by atoms with Gasteiger partial charge in [-0.15, -0.1) is 10.2 Å². The van der Waals surface area contributed by atoms with Gasteiger partial charge in [0.1, 0.15) is 0 Å². The Kier molecular flexibility index (Phi) is 3.20. The standard InChI is InChI=1S/C12H18N4O/c1-3-9(7-13-5-1)11-15-16-12(17-11)10-4-2-6-14-8-10/h1,3,9-10,13-14H,2,4-8H2. The van der Waals surface area contributed by atoms with E-state index in [-0.39, 0.29) is 5.92 Å². The number of piperidine rings is 1. The van der Waals surface area contributed by atoms with Gasteiger partial charge < -0.3 is 15.1 Å². The highest BCUT2D eigenvalue weighted by molar-refractivity contribution is 5.10. The van der Waals surface area contributed by atoms with Crippen LogP contribution in [0.3, 0.4) is 0 Å². The Morgan fingerprint density at radius 1 is 1.18 bits per heavy atom. The first-order valence-electron chi connectivity index (χ1n) is 6.35. The Morgan fingerprint density at radius 2 is 2.12 bits per heavy atom. The molecule has 2 atom stereocenters. The van der Waals surface area contributed by atoms with E-state index in [4.69, 9.17) is 4.42 Å². The van der Waals surface area contributed by atoms with Gasteiger partial charge in [-0.3, -0.25) is 0 Å². The van der Waals surface area contributed by atoms with Crippen molar-refractivity contribution in [1.29, 1.82) is 0 Å². The van der Waals surface area contributed by atoms with Gasteiger partial charge >= 0.3 is 0 Å². The molecule has 3 heterocycles. The lowest BCUT2D eigenvalue weighted by molar-refractivity contribution is 0.355. The van der Waals surface area contributed by atoms with E-state index in [9.17, 15) is 0 Å². The number of rotatable bonds is 2. The summed E-state index contributed by atoms with van der Waals surface area (Å²) in [5.74, 6) is 2.17. The zero-order valence-corrected chi connectivity index (χ0v) is 9.85. The van der Waals surface area contributed by atoms with E-state index in [1.807, 2.05) is 0 Å². The summed E-state index contributed by atoms with van der Waals surface area (Å²) in [6.45, 7) is 3.89. The predicted molar refractivity (Wildman–Crippen MR) is 63.9 cm³/mol. The van der Waals surface area contributed by atoms with Gasteiger partial charge in [-0.2, -0.15) is 0 Å². The molecule has 1 aromatic rings. The predicted octanol–water partition coefficient (Wildman–Crippen LogP) is 0.780. The van der Waals surface area contributed by atoms with Crippen molar-refractivity contribution < 1.29 is 4.42 Å². The summed E-state index contributed by atoms with van der Waals surface area (Å²) in [4.78, 5) is 0. The smallest absolute Gasteiger partial charge is 0.224 e. The summed E-state index contributed by atoms with van der Waals surface area (Å²) in [5.41, 5.74) is 0. The van der Waals surface area contributed by atoms with Crippen LogP contribution in [0.1, 0.15) is 36.5 Å². The SMILES string of the molecule is C1=CC(c2nnc(C3CCCNC3)o2)CNC1. The van der Waals surface area contributed by atoms with Crippen LogP contribution in [0.25, 0.3) is 0 Å². The van der Waals surface area contributed by atoms with Crippen LogP contribution in [-0.4, -0.2) is 36.4 Å². The fourth-order valence-electron chi connectivity index (χ4n) is 2.42. The second-order valence-electron chi connectivity index (χ2n) is 4.71. The molecule has 0 saturated carbocycles. The van der Waals surface area contributed by atoms with Crippen molar-refractivity contribution in [3.05, 3.63) is 23.9 Å². The summed E-state index contributed by atoms with van der Waals surface area (Å²) in [5, 5.41) is 15.0. The van der Waals surface area contributed by atoms with E-state index in [0.717, 1.165) is 44.4 Å². The number of hydrogen-bond donors (Lipinski definition) is 2. The Morgan fingerprint density at radius 3 is 2.88 bits per heavy atom. The maximum absolute atomic E-state index is 5.81. The Bertz CT molecular complexity index is 395. The highest BCUT2D eigenvalue weighted by Gasteiger charge is 2.23. The molecule has 5 nitrogen and oxygen atoms in total. The highest BCUT2D eigenvalue weighted by Crippen LogP contribution is 2.25. The third kappa shape index (κ3) is 2.40. The largest absolute Gasteiger partial charge is 0.424 e. The fourth-order valence-corrected chi connectivity index (χ4v) is 2.42. The van der Waals surface area contributed by atoms with Crippen molar-refractivity contribution >= 4 is 0 Å². The van der Waals surface area contributed by atoms with E-state index in [2.05, 4.69) is 33.0 Å². The minimum atomic E-state index is 0.238. The molecule has 2 aliphatic rings. The molecule has 2 N–H and O–H groups in total. The molecule has 3 rings (SSSR count). The zero-order valence-electron chi connectivity index (χ0n) is 9.85. The van der Waals surface area contributed by atoms with Gasteiger partial charge in [0.15, 0.2) is 0 Å². The monoisotopic (exact) mass is 234 g/mol. The minimum absolute atomic E-state index is 0.238. The summed E-state index contributed by atoms with van der Waals surface area (Å²) in [6.07, 6.45) is 6.59. The van der Waals surface area contributed by atoms with E-state index < -0.39 is 0 Å². The summed E-state index contributed by atoms with van der Waals surface area (Å²) >= 11 is 0. The summed E-state index contributed by atoms with van der Waals surface area (Å²) in [6, 6.07) is 0. The zero-order chi connectivity index (χ0) is 11.5. The second-order valence-corrected chi connectivity index (χ2v) is 4.71. The normalized spacial score (nSPS) is 29.4. The van der Waals surface area contributed by atoms with E-state index >= 15 is 0 Å². The van der Waals surface area contributed by atoms with Gasteiger partial charge in [0.05, 0.1) is 5.92 Å². The van der Waals surface area contributed by atoms with Crippen molar-refractivity contribution in [2.45, 2.75) is 24.7 Å². The van der Waals surface area contributed by atoms with Crippen molar-refractivity contribution in [3.63, 3.8) is 0 Å². The molecule has 2 unspecified atom stereocenters. The Balaban J connectivity index is 1.72. The average Bonchev–Trinajstić information content (AvgIpc) is 2.90. The molecule has 0 aromatic carbocycles. The molecule has 1 saturated heterocycles. The first-order valence-corrected chi connectivity index (χ1v) is 6.35. The van der Waals surface area contributed by atoms with Gasteiger partial charge in [-0.1, -0.05) is 12.2 Å². The maximum atomic E-state index is 5.81. The number of nitrogens with one attached hydrogen (secondary N) is 2. The molecule has 0 spiro atoms. The Hall–Kier alpha value is -1.20. The topological polar surface area (TPSA) is 63.0 Å². The van der Waals surface area contributed by atoms with Crippen molar-refractivity contribution in [2.24, 2.45) is 0 Å². The fraction of sp³-hybridized carbons (Fsp3) is 0.667. The lowest BCUT2D eigenvalue weighted by Crippen LogP contribution is -2.28. The van der Waals surface area contributed by atoms with Crippen LogP contribution in [0, 0.1) is 0 Å². The maximum Gasteiger partial charge on any atom is 0.224 e. The molecular weight excluding hydrogens is 216 g/mol. The molecular formula is C12H18N4O. The second kappa shape index (κ2) is 4.98. The van der Waals surface area contributed by atoms with Crippen molar-refractivity contribution in [1.82, 2.24) is 20.8 Å². The number of aromatic nitrogens is 2. The van der Waals surface area contributed by atoms with Crippen LogP contribution in [-0.2, 0) is 0 Å². The van der Waals surface area contributed by atoms with Crippen LogP contribution in [0.15, 0.2) is 16.6 Å². The molecule has 0 aliphatic carbocycles. The van der Waals surface area contributed by atoms with Crippen LogP contribution in [0.2, 0.25) is 0 Å². The molecule has 17 heavy (non-hydrogen) atoms. The summed E-state index contributed by atoms with van der Waals surface area (Å²) in [7, 11) is 0. The van der Waals surface area contributed by atoms with Gasteiger partial charge in [-0.25, -0.2) is 0 Å². The molecule has 92 valence electrons. The van der Waals surface area contributed by atoms with Gasteiger partial charge in [0, 0.05) is 25.6 Å². The summed E-state index contributed by atoms with van der Waals surface area (Å²) < 4.78 is 5.81. The lowest BCUT2D eigenvalue weighted by Gasteiger charge is -2.19. The highest BCUT2D eigenvalue weighted by atomic mass is 16.4. The van der Waals surface area contributed by atoms with E-state index in [1.165, 1.54) is 6.42 Å². The van der Waals surface area contributed by atoms with Crippen LogP contribution < -0.4 is 10.6 Å². The third-order valence-electron chi connectivity index (χ3n) is 3.41. The minimum Gasteiger partial charge on any atom is -0.424 e. The lowest BCUT2D eigenvalue weighted by atomic mass is 10.00. The molecule has 0 bridgehead atoms. The van der Waals surface area contributed by atoms with Crippen LogP contribution in [0.5, 0.6) is 0 Å². The number of nitrogens with zero attached hydrogens (tertiary/aromatic N) is 2. The molecule has 2 aliphatic heterocycles. The number of hydrogen-bond acceptors (Lipinski definition) is 5. The first kappa shape index (κ1) is 10.9. The van der Waals surface area contributed by atoms with Crippen molar-refractivity contribution in [2.75, 3.05) is 26.2 Å². The van der Waals surface area contributed by atoms with E-state index in [0.29, 0.717) is 5.92 Å². The van der Waals surface area contributed by atoms with E-state index in [1.54, 1.807) is 0 Å². The van der Waals surface area contributed by atoms with Crippen molar-refractivity contribution in [3.8, 4) is 0 Å². The first-order chi connectivity index (χ1) is 8.43. The van der Waals surface area contributed by atoms with Crippen LogP contribution >= 0.6 is 0 Å². The third-order valence-corrected chi connectivity index (χ3v) is 3.41. The molecule has 1 aromatic heterocycles. The molecule has 0 radical (unpaired) electrons. The molecule has 5 heteroatoms. The molecule has 0 amide bonds. The van der Waals surface area contributed by atoms with Gasteiger partial charge in [0.25, 0.3) is 0 Å². The van der Waals surface area contributed by atoms with Gasteiger partial charge in [-0.05, 0) is 19.4 Å².